The molecule has 3 heterocycles. The van der Waals surface area contributed by atoms with Gasteiger partial charge in [-0.1, -0.05) is 0 Å². The highest BCUT2D eigenvalue weighted by Gasteiger charge is 2.40. The first-order valence-electron chi connectivity index (χ1n) is 7.52. The van der Waals surface area contributed by atoms with Crippen LogP contribution in [0, 0.1) is 6.92 Å². The highest BCUT2D eigenvalue weighted by Crippen LogP contribution is 2.25. The Kier molecular flexibility index (Phi) is 4.44. The number of hydrogen-bond donors (Lipinski definition) is 0. The number of aromatic nitrogens is 2. The zero-order valence-electron chi connectivity index (χ0n) is 13.0. The summed E-state index contributed by atoms with van der Waals surface area (Å²) in [6, 6.07) is -0.0936. The number of piperidine rings is 1. The average Bonchev–Trinajstić information content (AvgIpc) is 2.48. The molecule has 1 aromatic rings. The van der Waals surface area contributed by atoms with E-state index in [1.54, 1.807) is 4.31 Å². The lowest BCUT2D eigenvalue weighted by Gasteiger charge is -2.45. The molecule has 3 rings (SSSR count). The van der Waals surface area contributed by atoms with E-state index >= 15 is 0 Å². The summed E-state index contributed by atoms with van der Waals surface area (Å²) in [6.07, 6.45) is 5.81. The zero-order chi connectivity index (χ0) is 15.7. The monoisotopic (exact) mass is 326 g/mol. The molecule has 0 N–H and O–H groups in total. The van der Waals surface area contributed by atoms with Gasteiger partial charge in [0.25, 0.3) is 0 Å². The number of ether oxygens (including phenoxy) is 1. The molecule has 2 aliphatic rings. The van der Waals surface area contributed by atoms with Crippen LogP contribution in [0.2, 0.25) is 0 Å². The van der Waals surface area contributed by atoms with Crippen molar-refractivity contribution in [2.75, 3.05) is 32.5 Å². The fourth-order valence-electron chi connectivity index (χ4n) is 3.22. The molecule has 0 bridgehead atoms. The van der Waals surface area contributed by atoms with E-state index in [4.69, 9.17) is 4.74 Å². The minimum atomic E-state index is -3.20. The first kappa shape index (κ1) is 15.8. The smallest absolute Gasteiger partial charge is 0.211 e. The third kappa shape index (κ3) is 3.45. The van der Waals surface area contributed by atoms with Gasteiger partial charge < -0.3 is 4.74 Å². The molecular weight excluding hydrogens is 304 g/mol. The van der Waals surface area contributed by atoms with Crippen molar-refractivity contribution < 1.29 is 13.2 Å². The largest absolute Gasteiger partial charge is 0.375 e. The Bertz CT molecular complexity index is 619. The number of nitrogens with zero attached hydrogens (tertiary/aromatic N) is 4. The van der Waals surface area contributed by atoms with Gasteiger partial charge in [-0.3, -0.25) is 4.90 Å². The van der Waals surface area contributed by atoms with Gasteiger partial charge in [0.15, 0.2) is 0 Å². The Hall–Kier alpha value is -1.09. The Morgan fingerprint density at radius 2 is 2.05 bits per heavy atom. The second kappa shape index (κ2) is 6.19. The number of likely N-dealkylation sites (tertiary alicyclic amines) is 1. The summed E-state index contributed by atoms with van der Waals surface area (Å²) in [6.45, 7) is 5.11. The zero-order valence-corrected chi connectivity index (χ0v) is 13.8. The molecule has 122 valence electrons. The first-order chi connectivity index (χ1) is 10.4. The molecule has 0 saturated carbocycles. The third-order valence-corrected chi connectivity index (χ3v) is 5.59. The van der Waals surface area contributed by atoms with Crippen LogP contribution in [-0.4, -0.2) is 72.2 Å². The van der Waals surface area contributed by atoms with E-state index < -0.39 is 10.0 Å². The summed E-state index contributed by atoms with van der Waals surface area (Å²) >= 11 is 0. The SMILES string of the molecule is Cc1ncc(CN2CC[C@@H]3OCCN(S(C)(=O)=O)[C@H]3C2)cn1. The lowest BCUT2D eigenvalue weighted by atomic mass is 10.0. The molecule has 0 amide bonds. The molecule has 7 nitrogen and oxygen atoms in total. The Morgan fingerprint density at radius 1 is 1.32 bits per heavy atom. The van der Waals surface area contributed by atoms with Crippen molar-refractivity contribution in [1.82, 2.24) is 19.2 Å². The summed E-state index contributed by atoms with van der Waals surface area (Å²) in [5, 5.41) is 0. The maximum absolute atomic E-state index is 12.0. The van der Waals surface area contributed by atoms with Crippen LogP contribution in [0.4, 0.5) is 0 Å². The number of sulfonamides is 1. The van der Waals surface area contributed by atoms with E-state index in [0.29, 0.717) is 19.7 Å². The second-order valence-corrected chi connectivity index (χ2v) is 7.95. The van der Waals surface area contributed by atoms with Crippen molar-refractivity contribution in [3.05, 3.63) is 23.8 Å². The molecule has 2 fully saturated rings. The molecule has 0 radical (unpaired) electrons. The summed E-state index contributed by atoms with van der Waals surface area (Å²) in [7, 11) is -3.20. The van der Waals surface area contributed by atoms with Gasteiger partial charge in [0, 0.05) is 44.1 Å². The van der Waals surface area contributed by atoms with Gasteiger partial charge >= 0.3 is 0 Å². The fraction of sp³-hybridized carbons (Fsp3) is 0.714. The molecule has 22 heavy (non-hydrogen) atoms. The van der Waals surface area contributed by atoms with Crippen LogP contribution < -0.4 is 0 Å². The Balaban J connectivity index is 1.70. The summed E-state index contributed by atoms with van der Waals surface area (Å²) in [4.78, 5) is 10.7. The van der Waals surface area contributed by atoms with Crippen molar-refractivity contribution >= 4 is 10.0 Å². The molecular formula is C14H22N4O3S. The Labute approximate surface area is 131 Å². The van der Waals surface area contributed by atoms with E-state index in [1.165, 1.54) is 6.26 Å². The van der Waals surface area contributed by atoms with E-state index in [1.807, 2.05) is 19.3 Å². The van der Waals surface area contributed by atoms with Crippen molar-refractivity contribution in [3.63, 3.8) is 0 Å². The predicted octanol–water partition coefficient (Wildman–Crippen LogP) is 0.0197. The normalized spacial score (nSPS) is 27.5. The number of aryl methyl sites for hydroxylation is 1. The number of hydrogen-bond acceptors (Lipinski definition) is 6. The second-order valence-electron chi connectivity index (χ2n) is 6.01. The quantitative estimate of drug-likeness (QED) is 0.779. The molecule has 2 aliphatic heterocycles. The van der Waals surface area contributed by atoms with E-state index in [-0.39, 0.29) is 12.1 Å². The molecule has 8 heteroatoms. The van der Waals surface area contributed by atoms with Crippen molar-refractivity contribution in [2.45, 2.75) is 32.0 Å². The van der Waals surface area contributed by atoms with Gasteiger partial charge in [-0.05, 0) is 13.3 Å². The highest BCUT2D eigenvalue weighted by molar-refractivity contribution is 7.88. The summed E-state index contributed by atoms with van der Waals surface area (Å²) < 4.78 is 31.3. The van der Waals surface area contributed by atoms with Gasteiger partial charge in [0.1, 0.15) is 5.82 Å². The fourth-order valence-corrected chi connectivity index (χ4v) is 4.32. The molecule has 0 aliphatic carbocycles. The van der Waals surface area contributed by atoms with Crippen LogP contribution >= 0.6 is 0 Å². The van der Waals surface area contributed by atoms with Gasteiger partial charge in [0.2, 0.25) is 10.0 Å². The van der Waals surface area contributed by atoms with Crippen molar-refractivity contribution in [3.8, 4) is 0 Å². The van der Waals surface area contributed by atoms with Crippen LogP contribution in [0.5, 0.6) is 0 Å². The van der Waals surface area contributed by atoms with Crippen LogP contribution in [0.1, 0.15) is 17.8 Å². The maximum atomic E-state index is 12.0. The van der Waals surface area contributed by atoms with Gasteiger partial charge in [-0.2, -0.15) is 4.31 Å². The van der Waals surface area contributed by atoms with E-state index in [0.717, 1.165) is 30.9 Å². The Morgan fingerprint density at radius 3 is 2.73 bits per heavy atom. The number of morpholine rings is 1. The third-order valence-electron chi connectivity index (χ3n) is 4.28. The average molecular weight is 326 g/mol. The van der Waals surface area contributed by atoms with Crippen LogP contribution in [0.15, 0.2) is 12.4 Å². The molecule has 2 saturated heterocycles. The van der Waals surface area contributed by atoms with Crippen LogP contribution in [0.25, 0.3) is 0 Å². The molecule has 0 spiro atoms. The van der Waals surface area contributed by atoms with E-state index in [9.17, 15) is 8.42 Å². The standard InChI is InChI=1S/C14H22N4O3S/c1-11-15-7-12(8-16-11)9-17-4-3-14-13(10-17)18(5-6-21-14)22(2,19)20/h7-8,13-14H,3-6,9-10H2,1-2H3/t13-,14-/m0/s1. The highest BCUT2D eigenvalue weighted by atomic mass is 32.2. The molecule has 2 atom stereocenters. The minimum absolute atomic E-state index is 0.00833. The molecule has 0 unspecified atom stereocenters. The summed E-state index contributed by atoms with van der Waals surface area (Å²) in [5.74, 6) is 0.756. The van der Waals surface area contributed by atoms with Gasteiger partial charge in [0.05, 0.1) is 25.0 Å². The lowest BCUT2D eigenvalue weighted by Crippen LogP contribution is -2.60. The van der Waals surface area contributed by atoms with Crippen molar-refractivity contribution in [2.24, 2.45) is 0 Å². The topological polar surface area (TPSA) is 75.6 Å². The van der Waals surface area contributed by atoms with E-state index in [2.05, 4.69) is 14.9 Å². The lowest BCUT2D eigenvalue weighted by molar-refractivity contribution is -0.0768. The number of rotatable bonds is 3. The predicted molar refractivity (Wildman–Crippen MR) is 81.7 cm³/mol. The van der Waals surface area contributed by atoms with Crippen LogP contribution in [-0.2, 0) is 21.3 Å². The van der Waals surface area contributed by atoms with Gasteiger partial charge in [-0.25, -0.2) is 18.4 Å². The first-order valence-corrected chi connectivity index (χ1v) is 9.36. The van der Waals surface area contributed by atoms with Crippen LogP contribution in [0.3, 0.4) is 0 Å². The van der Waals surface area contributed by atoms with Gasteiger partial charge in [-0.15, -0.1) is 0 Å². The molecule has 0 aromatic carbocycles. The summed E-state index contributed by atoms with van der Waals surface area (Å²) in [5.41, 5.74) is 1.05. The number of fused-ring (bicyclic) bond motifs is 1. The van der Waals surface area contributed by atoms with Crippen molar-refractivity contribution in [1.29, 1.82) is 0 Å². The maximum Gasteiger partial charge on any atom is 0.211 e. The minimum Gasteiger partial charge on any atom is -0.375 e. The molecule has 1 aromatic heterocycles.